The quantitative estimate of drug-likeness (QED) is 0.411. The molecule has 2 aromatic heterocycles. The summed E-state index contributed by atoms with van der Waals surface area (Å²) in [7, 11) is -3.40. The first-order valence-electron chi connectivity index (χ1n) is 11.4. The normalized spacial score (nSPS) is 14.7. The Labute approximate surface area is 207 Å². The average Bonchev–Trinajstić information content (AvgIpc) is 3.33. The van der Waals surface area contributed by atoms with E-state index in [4.69, 9.17) is 4.74 Å². The van der Waals surface area contributed by atoms with Crippen LogP contribution in [0.25, 0.3) is 16.6 Å². The SMILES string of the molecule is O=C(NCc1ccc(CS(=O)(=O)N2CCOCC2)cc1)c1cncc2c1cnn2-c1ccc(F)cc1. The molecule has 186 valence electrons. The molecular weight excluding hydrogens is 485 g/mol. The summed E-state index contributed by atoms with van der Waals surface area (Å²) >= 11 is 0. The number of aromatic nitrogens is 3. The van der Waals surface area contributed by atoms with E-state index in [2.05, 4.69) is 15.4 Å². The molecule has 0 radical (unpaired) electrons. The van der Waals surface area contributed by atoms with Crippen molar-refractivity contribution in [2.45, 2.75) is 12.3 Å². The fourth-order valence-corrected chi connectivity index (χ4v) is 5.57. The second-order valence-corrected chi connectivity index (χ2v) is 10.4. The Kier molecular flexibility index (Phi) is 6.77. The number of sulfonamides is 1. The standard InChI is InChI=1S/C25H24FN5O4S/c26-20-5-7-21(8-6-20)31-24-16-27-14-23(22(24)15-29-31)25(32)28-13-18-1-3-19(4-2-18)17-36(33,34)30-9-11-35-12-10-30/h1-8,14-16H,9-13,17H2,(H,28,32). The Morgan fingerprint density at radius 2 is 1.67 bits per heavy atom. The lowest BCUT2D eigenvalue weighted by Gasteiger charge is -2.26. The smallest absolute Gasteiger partial charge is 0.253 e. The fourth-order valence-electron chi connectivity index (χ4n) is 4.07. The molecule has 2 aromatic carbocycles. The highest BCUT2D eigenvalue weighted by Gasteiger charge is 2.24. The Balaban J connectivity index is 1.25. The largest absolute Gasteiger partial charge is 0.379 e. The number of pyridine rings is 1. The molecule has 0 spiro atoms. The molecule has 1 fully saturated rings. The first-order valence-corrected chi connectivity index (χ1v) is 13.0. The van der Waals surface area contributed by atoms with Crippen LogP contribution in [0, 0.1) is 5.82 Å². The van der Waals surface area contributed by atoms with Crippen LogP contribution in [0.3, 0.4) is 0 Å². The number of rotatable bonds is 7. The molecule has 3 heterocycles. The van der Waals surface area contributed by atoms with Gasteiger partial charge in [-0.05, 0) is 35.4 Å². The van der Waals surface area contributed by atoms with E-state index in [1.165, 1.54) is 22.6 Å². The highest BCUT2D eigenvalue weighted by atomic mass is 32.2. The third-order valence-corrected chi connectivity index (χ3v) is 7.85. The van der Waals surface area contributed by atoms with E-state index in [-0.39, 0.29) is 24.0 Å². The lowest BCUT2D eigenvalue weighted by atomic mass is 10.1. The highest BCUT2D eigenvalue weighted by molar-refractivity contribution is 7.88. The number of carbonyl (C=O) groups is 1. The van der Waals surface area contributed by atoms with Gasteiger partial charge in [-0.15, -0.1) is 0 Å². The second-order valence-electron chi connectivity index (χ2n) is 8.42. The van der Waals surface area contributed by atoms with Gasteiger partial charge in [0, 0.05) is 31.2 Å². The first-order chi connectivity index (χ1) is 17.4. The van der Waals surface area contributed by atoms with Crippen LogP contribution >= 0.6 is 0 Å². The van der Waals surface area contributed by atoms with Gasteiger partial charge in [0.25, 0.3) is 5.91 Å². The number of nitrogens with one attached hydrogen (secondary N) is 1. The van der Waals surface area contributed by atoms with E-state index in [1.807, 2.05) is 0 Å². The number of halogens is 1. The molecule has 1 saturated heterocycles. The van der Waals surface area contributed by atoms with Crippen LogP contribution in [0.2, 0.25) is 0 Å². The molecule has 4 aromatic rings. The van der Waals surface area contributed by atoms with E-state index < -0.39 is 10.0 Å². The minimum absolute atomic E-state index is 0.0780. The Morgan fingerprint density at radius 1 is 0.972 bits per heavy atom. The number of hydrogen-bond donors (Lipinski definition) is 1. The van der Waals surface area contributed by atoms with Gasteiger partial charge in [0.05, 0.1) is 48.1 Å². The van der Waals surface area contributed by atoms with Crippen LogP contribution < -0.4 is 5.32 Å². The molecule has 0 bridgehead atoms. The van der Waals surface area contributed by atoms with Crippen LogP contribution in [0.5, 0.6) is 0 Å². The number of morpholine rings is 1. The topological polar surface area (TPSA) is 106 Å². The molecule has 0 saturated carbocycles. The van der Waals surface area contributed by atoms with Gasteiger partial charge in [-0.2, -0.15) is 9.40 Å². The zero-order valence-corrected chi connectivity index (χ0v) is 20.1. The molecule has 36 heavy (non-hydrogen) atoms. The predicted molar refractivity (Wildman–Crippen MR) is 131 cm³/mol. The Morgan fingerprint density at radius 3 is 2.39 bits per heavy atom. The lowest BCUT2D eigenvalue weighted by Crippen LogP contribution is -2.41. The summed E-state index contributed by atoms with van der Waals surface area (Å²) in [6, 6.07) is 13.0. The monoisotopic (exact) mass is 509 g/mol. The Bertz CT molecular complexity index is 1480. The van der Waals surface area contributed by atoms with Gasteiger partial charge < -0.3 is 10.1 Å². The summed E-state index contributed by atoms with van der Waals surface area (Å²) in [5.41, 5.74) is 3.16. The van der Waals surface area contributed by atoms with Crippen molar-refractivity contribution in [3.05, 3.63) is 89.6 Å². The predicted octanol–water partition coefficient (Wildman–Crippen LogP) is 2.65. The minimum Gasteiger partial charge on any atom is -0.379 e. The van der Waals surface area contributed by atoms with E-state index >= 15 is 0 Å². The molecule has 0 atom stereocenters. The minimum atomic E-state index is -3.40. The molecule has 0 unspecified atom stereocenters. The van der Waals surface area contributed by atoms with Crippen LogP contribution in [-0.2, 0) is 27.1 Å². The maximum absolute atomic E-state index is 13.3. The number of ether oxygens (including phenoxy) is 1. The van der Waals surface area contributed by atoms with Crippen LogP contribution in [-0.4, -0.2) is 59.7 Å². The fraction of sp³-hybridized carbons (Fsp3) is 0.240. The zero-order valence-electron chi connectivity index (χ0n) is 19.3. The van der Waals surface area contributed by atoms with Crippen LogP contribution in [0.1, 0.15) is 21.5 Å². The van der Waals surface area contributed by atoms with Crippen molar-refractivity contribution in [3.63, 3.8) is 0 Å². The van der Waals surface area contributed by atoms with Gasteiger partial charge in [0.15, 0.2) is 0 Å². The van der Waals surface area contributed by atoms with Gasteiger partial charge in [-0.3, -0.25) is 9.78 Å². The van der Waals surface area contributed by atoms with Gasteiger partial charge in [0.2, 0.25) is 10.0 Å². The molecule has 1 aliphatic rings. The van der Waals surface area contributed by atoms with Gasteiger partial charge >= 0.3 is 0 Å². The van der Waals surface area contributed by atoms with E-state index in [0.29, 0.717) is 54.0 Å². The molecule has 1 aliphatic heterocycles. The van der Waals surface area contributed by atoms with Gasteiger partial charge in [-0.25, -0.2) is 17.5 Å². The van der Waals surface area contributed by atoms with Gasteiger partial charge in [0.1, 0.15) is 5.82 Å². The van der Waals surface area contributed by atoms with E-state index in [0.717, 1.165) is 5.56 Å². The summed E-state index contributed by atoms with van der Waals surface area (Å²) in [5.74, 6) is -0.739. The molecular formula is C25H24FN5O4S. The number of benzene rings is 2. The maximum atomic E-state index is 13.3. The number of amides is 1. The molecule has 1 N–H and O–H groups in total. The first kappa shape index (κ1) is 24.0. The molecule has 11 heteroatoms. The summed E-state index contributed by atoms with van der Waals surface area (Å²) in [6.45, 7) is 1.83. The summed E-state index contributed by atoms with van der Waals surface area (Å²) in [6.07, 6.45) is 4.67. The van der Waals surface area contributed by atoms with Crippen LogP contribution in [0.4, 0.5) is 4.39 Å². The van der Waals surface area contributed by atoms with Crippen molar-refractivity contribution in [1.82, 2.24) is 24.4 Å². The number of carbonyl (C=O) groups excluding carboxylic acids is 1. The summed E-state index contributed by atoms with van der Waals surface area (Å²) < 4.78 is 46.8. The van der Waals surface area contributed by atoms with Crippen molar-refractivity contribution in [2.75, 3.05) is 26.3 Å². The number of fused-ring (bicyclic) bond motifs is 1. The van der Waals surface area contributed by atoms with Crippen molar-refractivity contribution in [2.24, 2.45) is 0 Å². The lowest BCUT2D eigenvalue weighted by molar-refractivity contribution is 0.0729. The van der Waals surface area contributed by atoms with Crippen molar-refractivity contribution in [1.29, 1.82) is 0 Å². The van der Waals surface area contributed by atoms with Crippen molar-refractivity contribution >= 4 is 26.8 Å². The second kappa shape index (κ2) is 10.1. The number of hydrogen-bond acceptors (Lipinski definition) is 6. The number of nitrogens with zero attached hydrogens (tertiary/aromatic N) is 4. The molecule has 5 rings (SSSR count). The molecule has 1 amide bonds. The van der Waals surface area contributed by atoms with Crippen molar-refractivity contribution in [3.8, 4) is 5.69 Å². The summed E-state index contributed by atoms with van der Waals surface area (Å²) in [4.78, 5) is 17.1. The summed E-state index contributed by atoms with van der Waals surface area (Å²) in [5, 5.41) is 7.84. The molecule has 0 aliphatic carbocycles. The average molecular weight is 510 g/mol. The third-order valence-electron chi connectivity index (χ3n) is 6.00. The van der Waals surface area contributed by atoms with E-state index in [9.17, 15) is 17.6 Å². The molecule has 9 nitrogen and oxygen atoms in total. The Hall–Kier alpha value is -3.67. The van der Waals surface area contributed by atoms with Gasteiger partial charge in [-0.1, -0.05) is 24.3 Å². The van der Waals surface area contributed by atoms with E-state index in [1.54, 1.807) is 53.5 Å². The maximum Gasteiger partial charge on any atom is 0.253 e. The zero-order chi connectivity index (χ0) is 25.1. The van der Waals surface area contributed by atoms with Crippen molar-refractivity contribution < 1.29 is 22.3 Å². The highest BCUT2D eigenvalue weighted by Crippen LogP contribution is 2.21. The van der Waals surface area contributed by atoms with Crippen LogP contribution in [0.15, 0.2) is 67.1 Å². The third kappa shape index (κ3) is 5.13.